The lowest BCUT2D eigenvalue weighted by molar-refractivity contribution is -0.0982. The smallest absolute Gasteiger partial charge is 0.381 e. The first-order valence-electron chi connectivity index (χ1n) is 15.2. The fraction of sp³-hybridized carbons (Fsp3) is 0.733. The average molecular weight is 573 g/mol. The number of alkyl halides is 3. The normalized spacial score (nSPS) is 34.5. The number of hydrogen-bond donors (Lipinski definition) is 2. The first-order chi connectivity index (χ1) is 19.4. The summed E-state index contributed by atoms with van der Waals surface area (Å²) in [5, 5.41) is 0. The van der Waals surface area contributed by atoms with E-state index in [1.807, 2.05) is 11.8 Å². The van der Waals surface area contributed by atoms with Gasteiger partial charge in [0.15, 0.2) is 0 Å². The van der Waals surface area contributed by atoms with E-state index in [-0.39, 0.29) is 17.9 Å². The largest absolute Gasteiger partial charge is 0.418 e. The Labute approximate surface area is 243 Å². The van der Waals surface area contributed by atoms with Gasteiger partial charge in [0.05, 0.1) is 37.3 Å². The standard InChI is InChI=1S/C30H44BF3N6O/c1-19-7-6-10-38(13-19)29(3,31)23-12-25(30(32,33)34)26-15-39(20(2)40(26)14-23)24-9-5-8-21(11-24)27(22-16-41-17-22)28-36-35-18-37(28)4/h12,14-15,19,21-22,24,27-28,35-36H,2,5-11,13,16-18H2,1,3-4H3/t19?,21-,24?,27?,28?,29?/m0/s1. The van der Waals surface area contributed by atoms with Gasteiger partial charge in [-0.05, 0) is 75.1 Å². The van der Waals surface area contributed by atoms with Crippen molar-refractivity contribution in [2.24, 2.45) is 23.7 Å². The van der Waals surface area contributed by atoms with Gasteiger partial charge in [0, 0.05) is 36.3 Å². The second-order valence-corrected chi connectivity index (χ2v) is 13.3. The van der Waals surface area contributed by atoms with Crippen molar-refractivity contribution in [2.45, 2.75) is 76.2 Å². The Balaban J connectivity index is 1.26. The van der Waals surface area contributed by atoms with Crippen LogP contribution in [-0.2, 0) is 4.74 Å². The van der Waals surface area contributed by atoms with E-state index in [1.54, 1.807) is 17.3 Å². The Morgan fingerprint density at radius 1 is 1.12 bits per heavy atom. The van der Waals surface area contributed by atoms with Gasteiger partial charge in [-0.1, -0.05) is 26.8 Å². The van der Waals surface area contributed by atoms with Gasteiger partial charge in [-0.3, -0.25) is 4.90 Å². The molecule has 6 atom stereocenters. The maximum Gasteiger partial charge on any atom is 0.418 e. The van der Waals surface area contributed by atoms with Crippen LogP contribution in [0.15, 0.2) is 47.7 Å². The summed E-state index contributed by atoms with van der Waals surface area (Å²) in [4.78, 5) is 8.08. The molecule has 6 aliphatic rings. The minimum Gasteiger partial charge on any atom is -0.381 e. The van der Waals surface area contributed by atoms with Crippen LogP contribution in [0, 0.1) is 23.7 Å². The molecule has 0 spiro atoms. The number of nitrogens with one attached hydrogen (secondary N) is 2. The van der Waals surface area contributed by atoms with Crippen molar-refractivity contribution >= 4 is 7.85 Å². The third-order valence-corrected chi connectivity index (χ3v) is 10.4. The number of piperidine rings is 1. The third kappa shape index (κ3) is 5.41. The van der Waals surface area contributed by atoms with Gasteiger partial charge in [0.1, 0.15) is 13.7 Å². The number of ether oxygens (including phenoxy) is 1. The van der Waals surface area contributed by atoms with Crippen LogP contribution < -0.4 is 10.9 Å². The predicted octanol–water partition coefficient (Wildman–Crippen LogP) is 4.06. The maximum absolute atomic E-state index is 14.6. The highest BCUT2D eigenvalue weighted by molar-refractivity contribution is 6.17. The highest BCUT2D eigenvalue weighted by Crippen LogP contribution is 2.47. The van der Waals surface area contributed by atoms with Crippen molar-refractivity contribution in [3.63, 3.8) is 0 Å². The fourth-order valence-electron chi connectivity index (χ4n) is 7.95. The lowest BCUT2D eigenvalue weighted by atomic mass is 9.69. The lowest BCUT2D eigenvalue weighted by Gasteiger charge is -2.47. The molecule has 5 heterocycles. The second kappa shape index (κ2) is 11.0. The number of fused-ring (bicyclic) bond motifs is 1. The highest BCUT2D eigenvalue weighted by atomic mass is 19.4. The molecule has 0 aromatic rings. The molecule has 0 amide bonds. The molecule has 2 radical (unpaired) electrons. The first-order valence-corrected chi connectivity index (χ1v) is 15.2. The molecule has 7 nitrogen and oxygen atoms in total. The Bertz CT molecular complexity index is 1120. The molecule has 1 aliphatic carbocycles. The van der Waals surface area contributed by atoms with Gasteiger partial charge in [0.25, 0.3) is 0 Å². The molecule has 1 saturated carbocycles. The molecular formula is C30H44BF3N6O. The van der Waals surface area contributed by atoms with Crippen molar-refractivity contribution in [3.05, 3.63) is 47.7 Å². The van der Waals surface area contributed by atoms with Gasteiger partial charge in [-0.15, -0.1) is 0 Å². The monoisotopic (exact) mass is 572 g/mol. The first kappa shape index (κ1) is 29.3. The van der Waals surface area contributed by atoms with E-state index in [0.717, 1.165) is 71.5 Å². The Morgan fingerprint density at radius 3 is 2.54 bits per heavy atom. The van der Waals surface area contributed by atoms with Gasteiger partial charge >= 0.3 is 6.18 Å². The number of hydrogen-bond acceptors (Lipinski definition) is 7. The van der Waals surface area contributed by atoms with Crippen molar-refractivity contribution < 1.29 is 17.9 Å². The van der Waals surface area contributed by atoms with E-state index in [2.05, 4.69) is 41.2 Å². The molecule has 3 saturated heterocycles. The molecular weight excluding hydrogens is 528 g/mol. The van der Waals surface area contributed by atoms with Gasteiger partial charge < -0.3 is 19.4 Å². The summed E-state index contributed by atoms with van der Waals surface area (Å²) in [5.74, 6) is 2.35. The molecule has 0 aromatic heterocycles. The second-order valence-electron chi connectivity index (χ2n) is 13.3. The predicted molar refractivity (Wildman–Crippen MR) is 153 cm³/mol. The Hall–Kier alpha value is -1.79. The molecule has 41 heavy (non-hydrogen) atoms. The molecule has 2 N–H and O–H groups in total. The van der Waals surface area contributed by atoms with Gasteiger partial charge in [0.2, 0.25) is 0 Å². The van der Waals surface area contributed by atoms with Crippen molar-refractivity contribution in [3.8, 4) is 0 Å². The Morgan fingerprint density at radius 2 is 1.90 bits per heavy atom. The minimum atomic E-state index is -4.51. The van der Waals surface area contributed by atoms with Crippen LogP contribution in [0.4, 0.5) is 13.2 Å². The SMILES string of the molecule is [B]C(C)(C1=CN2C(=C)N(C3CCC[C@H](C(C4COC4)C4NNCN4C)C3)C=C2C(C(F)(F)F)=C1)N1CCCC(C)C1. The zero-order chi connectivity index (χ0) is 29.1. The number of likely N-dealkylation sites (tertiary alicyclic amines) is 1. The van der Waals surface area contributed by atoms with E-state index >= 15 is 0 Å². The van der Waals surface area contributed by atoms with Crippen LogP contribution >= 0.6 is 0 Å². The summed E-state index contributed by atoms with van der Waals surface area (Å²) < 4.78 is 49.3. The van der Waals surface area contributed by atoms with Crippen molar-refractivity contribution in [2.75, 3.05) is 40.0 Å². The van der Waals surface area contributed by atoms with Crippen molar-refractivity contribution in [1.29, 1.82) is 0 Å². The number of hydrazine groups is 1. The number of allylic oxidation sites excluding steroid dienone is 1. The molecule has 0 aromatic carbocycles. The minimum absolute atomic E-state index is 0.0843. The average Bonchev–Trinajstić information content (AvgIpc) is 3.47. The molecule has 6 rings (SSSR count). The molecule has 224 valence electrons. The van der Waals surface area contributed by atoms with Crippen LogP contribution in [0.5, 0.6) is 0 Å². The van der Waals surface area contributed by atoms with Crippen LogP contribution in [0.2, 0.25) is 0 Å². The highest BCUT2D eigenvalue weighted by Gasteiger charge is 2.48. The summed E-state index contributed by atoms with van der Waals surface area (Å²) in [7, 11) is 8.97. The van der Waals surface area contributed by atoms with Gasteiger partial charge in [-0.2, -0.15) is 13.2 Å². The Kier molecular flexibility index (Phi) is 7.89. The summed E-state index contributed by atoms with van der Waals surface area (Å²) in [5.41, 5.74) is 5.68. The van der Waals surface area contributed by atoms with Gasteiger partial charge in [-0.25, -0.2) is 10.9 Å². The number of rotatable bonds is 6. The lowest BCUT2D eigenvalue weighted by Crippen LogP contribution is -2.53. The van der Waals surface area contributed by atoms with Crippen LogP contribution in [0.25, 0.3) is 0 Å². The molecule has 5 aliphatic heterocycles. The number of nitrogens with zero attached hydrogens (tertiary/aromatic N) is 4. The molecule has 5 unspecified atom stereocenters. The summed E-state index contributed by atoms with van der Waals surface area (Å²) >= 11 is 0. The molecule has 0 bridgehead atoms. The zero-order valence-electron chi connectivity index (χ0n) is 24.6. The number of halogens is 3. The van der Waals surface area contributed by atoms with E-state index in [1.165, 1.54) is 6.08 Å². The van der Waals surface area contributed by atoms with Crippen LogP contribution in [0.3, 0.4) is 0 Å². The third-order valence-electron chi connectivity index (χ3n) is 10.4. The summed E-state index contributed by atoms with van der Waals surface area (Å²) in [6.45, 7) is 12.2. The molecule has 4 fully saturated rings. The summed E-state index contributed by atoms with van der Waals surface area (Å²) in [6.07, 6.45) is 6.53. The quantitative estimate of drug-likeness (QED) is 0.466. The van der Waals surface area contributed by atoms with E-state index < -0.39 is 17.2 Å². The molecule has 11 heteroatoms. The van der Waals surface area contributed by atoms with E-state index in [4.69, 9.17) is 12.6 Å². The van der Waals surface area contributed by atoms with E-state index in [9.17, 15) is 13.2 Å². The fourth-order valence-corrected chi connectivity index (χ4v) is 7.95. The summed E-state index contributed by atoms with van der Waals surface area (Å²) in [6, 6.07) is 0.0843. The topological polar surface area (TPSA) is 46.3 Å². The van der Waals surface area contributed by atoms with Crippen molar-refractivity contribution in [1.82, 2.24) is 30.5 Å². The zero-order valence-corrected chi connectivity index (χ0v) is 24.6. The van der Waals surface area contributed by atoms with E-state index in [0.29, 0.717) is 35.1 Å². The van der Waals surface area contributed by atoms with Crippen LogP contribution in [-0.4, -0.2) is 91.3 Å². The van der Waals surface area contributed by atoms with Crippen LogP contribution in [0.1, 0.15) is 52.4 Å². The maximum atomic E-state index is 14.6.